The van der Waals surface area contributed by atoms with Crippen molar-refractivity contribution in [2.45, 2.75) is 0 Å². The smallest absolute Gasteiger partial charge is 0.0466 e. The van der Waals surface area contributed by atoms with E-state index in [1.165, 1.54) is 6.21 Å². The average molecular weight is 293 g/mol. The molecule has 0 amide bonds. The Bertz CT molecular complexity index is 290. The molecular formula is C7H9IN3P. The number of halogens is 1. The van der Waals surface area contributed by atoms with E-state index in [0.717, 1.165) is 11.3 Å². The number of rotatable bonds is 3. The average Bonchev–Trinajstić information content (AvgIpc) is 2.08. The first-order chi connectivity index (χ1) is 5.77. The van der Waals surface area contributed by atoms with Gasteiger partial charge < -0.3 is 16.2 Å². The lowest BCUT2D eigenvalue weighted by Gasteiger charge is -2.06. The Kier molecular flexibility index (Phi) is 3.75. The third kappa shape index (κ3) is 2.32. The van der Waals surface area contributed by atoms with Crippen LogP contribution in [0.1, 0.15) is 5.56 Å². The van der Waals surface area contributed by atoms with Crippen LogP contribution in [-0.4, -0.2) is 6.21 Å². The van der Waals surface area contributed by atoms with Crippen molar-refractivity contribution in [1.82, 2.24) is 0 Å². The molecule has 0 aliphatic heterocycles. The van der Waals surface area contributed by atoms with E-state index in [1.54, 1.807) is 6.07 Å². The first-order valence-electron chi connectivity index (χ1n) is 3.29. The molecule has 64 valence electrons. The number of nitrogens with two attached hydrogens (primary N) is 1. The molecule has 0 saturated carbocycles. The predicted octanol–water partition coefficient (Wildman–Crippen LogP) is 2.62. The molecule has 1 aromatic carbocycles. The summed E-state index contributed by atoms with van der Waals surface area (Å²) < 4.78 is 0. The summed E-state index contributed by atoms with van der Waals surface area (Å²) in [5.41, 5.74) is 8.06. The van der Waals surface area contributed by atoms with Crippen LogP contribution in [0.3, 0.4) is 0 Å². The van der Waals surface area contributed by atoms with Gasteiger partial charge in [-0.25, -0.2) is 0 Å². The van der Waals surface area contributed by atoms with Gasteiger partial charge in [-0.2, -0.15) is 0 Å². The minimum Gasteiger partial charge on any atom is -0.399 e. The number of benzene rings is 1. The van der Waals surface area contributed by atoms with E-state index in [0.29, 0.717) is 12.1 Å². The van der Waals surface area contributed by atoms with Crippen LogP contribution >= 0.6 is 28.4 Å². The summed E-state index contributed by atoms with van der Waals surface area (Å²) in [7, 11) is 0. The quantitative estimate of drug-likeness (QED) is 0.347. The van der Waals surface area contributed by atoms with Crippen LogP contribution in [-0.2, 0) is 0 Å². The monoisotopic (exact) mass is 293 g/mol. The van der Waals surface area contributed by atoms with Gasteiger partial charge in [0.05, 0.1) is 0 Å². The van der Waals surface area contributed by atoms with E-state index < -0.39 is 0 Å². The highest BCUT2D eigenvalue weighted by molar-refractivity contribution is 14.2. The predicted molar refractivity (Wildman–Crippen MR) is 64.7 cm³/mol. The van der Waals surface area contributed by atoms with Gasteiger partial charge in [-0.1, -0.05) is 0 Å². The zero-order valence-electron chi connectivity index (χ0n) is 6.26. The van der Waals surface area contributed by atoms with E-state index in [-0.39, 0.29) is 0 Å². The molecule has 0 radical (unpaired) electrons. The van der Waals surface area contributed by atoms with Crippen LogP contribution in [0.25, 0.3) is 0 Å². The Morgan fingerprint density at radius 3 is 2.92 bits per heavy atom. The highest BCUT2D eigenvalue weighted by atomic mass is 127. The van der Waals surface area contributed by atoms with Crippen LogP contribution in [0.5, 0.6) is 0 Å². The topological polar surface area (TPSA) is 61.9 Å². The number of nitrogen functional groups attached to an aromatic ring is 1. The van der Waals surface area contributed by atoms with Crippen LogP contribution in [0.15, 0.2) is 18.2 Å². The fourth-order valence-corrected chi connectivity index (χ4v) is 2.07. The molecule has 0 spiro atoms. The molecule has 5 heteroatoms. The first kappa shape index (κ1) is 9.74. The fraction of sp³-hybridized carbons (Fsp3) is 0. The van der Waals surface area contributed by atoms with Gasteiger partial charge in [-0.3, -0.25) is 0 Å². The Balaban J connectivity index is 3.02. The molecule has 0 aliphatic rings. The maximum absolute atomic E-state index is 7.14. The second kappa shape index (κ2) is 4.62. The molecule has 3 nitrogen and oxygen atoms in total. The van der Waals surface area contributed by atoms with Crippen molar-refractivity contribution < 1.29 is 0 Å². The zero-order valence-corrected chi connectivity index (χ0v) is 9.42. The lowest BCUT2D eigenvalue weighted by Crippen LogP contribution is -1.92. The number of hydrogen-bond donors (Lipinski definition) is 3. The maximum Gasteiger partial charge on any atom is 0.0466 e. The van der Waals surface area contributed by atoms with Crippen molar-refractivity contribution in [3.05, 3.63) is 23.8 Å². The molecule has 1 rings (SSSR count). The largest absolute Gasteiger partial charge is 0.399 e. The second-order valence-corrected chi connectivity index (χ2v) is 4.27. The standard InChI is InChI=1S/C7H9IN3P/c8-12-11-7-2-1-6(10)3-5(7)4-9/h1-4,9,11-12H,10H2. The lowest BCUT2D eigenvalue weighted by atomic mass is 10.2. The number of hydrogen-bond acceptors (Lipinski definition) is 3. The summed E-state index contributed by atoms with van der Waals surface area (Å²) in [4.78, 5) is 0. The van der Waals surface area contributed by atoms with E-state index in [1.807, 2.05) is 12.1 Å². The van der Waals surface area contributed by atoms with Crippen molar-refractivity contribution >= 4 is 46.0 Å². The van der Waals surface area contributed by atoms with E-state index in [9.17, 15) is 0 Å². The number of anilines is 2. The van der Waals surface area contributed by atoms with Gasteiger partial charge in [0, 0.05) is 29.5 Å². The van der Waals surface area contributed by atoms with Gasteiger partial charge >= 0.3 is 0 Å². The molecule has 1 atom stereocenters. The van der Waals surface area contributed by atoms with E-state index in [4.69, 9.17) is 11.1 Å². The van der Waals surface area contributed by atoms with Gasteiger partial charge in [-0.05, 0) is 40.2 Å². The van der Waals surface area contributed by atoms with Crippen LogP contribution < -0.4 is 10.8 Å². The third-order valence-electron chi connectivity index (χ3n) is 1.41. The van der Waals surface area contributed by atoms with Crippen molar-refractivity contribution in [3.63, 3.8) is 0 Å². The fourth-order valence-electron chi connectivity index (χ4n) is 0.865. The molecule has 4 N–H and O–H groups in total. The molecule has 0 saturated heterocycles. The van der Waals surface area contributed by atoms with Crippen molar-refractivity contribution in [3.8, 4) is 0 Å². The molecule has 0 heterocycles. The summed E-state index contributed by atoms with van der Waals surface area (Å²) >= 11 is 2.24. The van der Waals surface area contributed by atoms with Crippen LogP contribution in [0, 0.1) is 5.41 Å². The SMILES string of the molecule is N=Cc1cc(N)ccc1NPI. The summed E-state index contributed by atoms with van der Waals surface area (Å²) in [5, 5.41) is 10.3. The third-order valence-corrected chi connectivity index (χ3v) is 2.59. The van der Waals surface area contributed by atoms with Gasteiger partial charge in [0.1, 0.15) is 0 Å². The summed E-state index contributed by atoms with van der Waals surface area (Å²) in [6.45, 7) is 0. The second-order valence-electron chi connectivity index (χ2n) is 2.21. The van der Waals surface area contributed by atoms with Gasteiger partial charge in [0.15, 0.2) is 0 Å². The van der Waals surface area contributed by atoms with Gasteiger partial charge in [-0.15, -0.1) is 0 Å². The lowest BCUT2D eigenvalue weighted by molar-refractivity contribution is 1.53. The Morgan fingerprint density at radius 2 is 2.33 bits per heavy atom. The molecular weight excluding hydrogens is 284 g/mol. The van der Waals surface area contributed by atoms with E-state index >= 15 is 0 Å². The summed E-state index contributed by atoms with van der Waals surface area (Å²) in [6, 6.07) is 5.50. The maximum atomic E-state index is 7.14. The molecule has 1 aromatic rings. The van der Waals surface area contributed by atoms with E-state index in [2.05, 4.69) is 27.1 Å². The van der Waals surface area contributed by atoms with Gasteiger partial charge in [0.25, 0.3) is 0 Å². The Morgan fingerprint density at radius 1 is 1.58 bits per heavy atom. The molecule has 1 unspecified atom stereocenters. The number of nitrogens with one attached hydrogen (secondary N) is 2. The molecule has 12 heavy (non-hydrogen) atoms. The highest BCUT2D eigenvalue weighted by Gasteiger charge is 1.98. The van der Waals surface area contributed by atoms with Crippen molar-refractivity contribution in [1.29, 1.82) is 5.41 Å². The molecule has 0 bridgehead atoms. The molecule has 0 aliphatic carbocycles. The Labute approximate surface area is 85.9 Å². The molecule has 0 aromatic heterocycles. The minimum absolute atomic E-state index is 0.607. The van der Waals surface area contributed by atoms with Crippen molar-refractivity contribution in [2.75, 3.05) is 10.8 Å². The van der Waals surface area contributed by atoms with Crippen LogP contribution in [0.4, 0.5) is 11.4 Å². The molecule has 0 fully saturated rings. The van der Waals surface area contributed by atoms with Crippen molar-refractivity contribution in [2.24, 2.45) is 0 Å². The normalized spacial score (nSPS) is 10.4. The van der Waals surface area contributed by atoms with Crippen LogP contribution in [0.2, 0.25) is 0 Å². The Hall–Kier alpha value is -0.350. The van der Waals surface area contributed by atoms with Gasteiger partial charge in [0.2, 0.25) is 0 Å². The highest BCUT2D eigenvalue weighted by Crippen LogP contribution is 2.26. The summed E-state index contributed by atoms with van der Waals surface area (Å²) in [6.07, 6.45) is 1.91. The minimum atomic E-state index is 0.607. The summed E-state index contributed by atoms with van der Waals surface area (Å²) in [5.74, 6) is 0. The zero-order chi connectivity index (χ0) is 8.97. The first-order valence-corrected chi connectivity index (χ1v) is 7.41.